The number of nitrogens with zero attached hydrogens (tertiary/aromatic N) is 2. The molecule has 0 saturated heterocycles. The molecule has 1 aliphatic rings. The molecule has 4 heteroatoms. The Labute approximate surface area is 147 Å². The SMILES string of the molecule is CN1CCC[C@@H](NCCc2nsc3ccccc23)c2ccccc21. The van der Waals surface area contributed by atoms with Crippen molar-refractivity contribution >= 4 is 27.3 Å². The number of hydrogen-bond donors (Lipinski definition) is 1. The molecule has 24 heavy (non-hydrogen) atoms. The summed E-state index contributed by atoms with van der Waals surface area (Å²) in [4.78, 5) is 2.38. The van der Waals surface area contributed by atoms with Crippen LogP contribution in [0.1, 0.15) is 30.1 Å². The van der Waals surface area contributed by atoms with Gasteiger partial charge in [0.05, 0.1) is 10.4 Å². The van der Waals surface area contributed by atoms with Crippen molar-refractivity contribution in [1.29, 1.82) is 0 Å². The van der Waals surface area contributed by atoms with Crippen molar-refractivity contribution in [3.63, 3.8) is 0 Å². The van der Waals surface area contributed by atoms with Gasteiger partial charge in [0.15, 0.2) is 0 Å². The normalized spacial score (nSPS) is 17.7. The molecule has 3 aromatic rings. The number of aromatic nitrogens is 1. The Morgan fingerprint density at radius 2 is 2.00 bits per heavy atom. The summed E-state index contributed by atoms with van der Waals surface area (Å²) < 4.78 is 5.93. The molecule has 0 radical (unpaired) electrons. The molecule has 1 atom stereocenters. The molecule has 1 aromatic heterocycles. The van der Waals surface area contributed by atoms with Crippen LogP contribution in [-0.4, -0.2) is 24.5 Å². The Bertz CT molecular complexity index is 826. The van der Waals surface area contributed by atoms with Gasteiger partial charge in [-0.2, -0.15) is 4.37 Å². The zero-order valence-corrected chi connectivity index (χ0v) is 14.9. The molecule has 0 spiro atoms. The number of para-hydroxylation sites is 1. The Kier molecular flexibility index (Phi) is 4.50. The maximum atomic E-state index is 4.65. The van der Waals surface area contributed by atoms with Crippen molar-refractivity contribution < 1.29 is 0 Å². The van der Waals surface area contributed by atoms with Crippen LogP contribution in [0.5, 0.6) is 0 Å². The number of anilines is 1. The Balaban J connectivity index is 1.47. The van der Waals surface area contributed by atoms with Crippen LogP contribution < -0.4 is 10.2 Å². The summed E-state index contributed by atoms with van der Waals surface area (Å²) in [5.41, 5.74) is 4.02. The zero-order valence-electron chi connectivity index (χ0n) is 14.0. The number of hydrogen-bond acceptors (Lipinski definition) is 4. The summed E-state index contributed by atoms with van der Waals surface area (Å²) in [6.45, 7) is 2.10. The highest BCUT2D eigenvalue weighted by atomic mass is 32.1. The van der Waals surface area contributed by atoms with Gasteiger partial charge in [-0.05, 0) is 42.1 Å². The lowest BCUT2D eigenvalue weighted by Gasteiger charge is -2.22. The van der Waals surface area contributed by atoms with E-state index >= 15 is 0 Å². The summed E-state index contributed by atoms with van der Waals surface area (Å²) in [6, 6.07) is 17.8. The Hall–Kier alpha value is -1.91. The van der Waals surface area contributed by atoms with Gasteiger partial charge in [0.1, 0.15) is 0 Å². The minimum absolute atomic E-state index is 0.441. The topological polar surface area (TPSA) is 28.2 Å². The predicted octanol–water partition coefficient (Wildman–Crippen LogP) is 4.40. The summed E-state index contributed by atoms with van der Waals surface area (Å²) in [5, 5.41) is 5.09. The standard InChI is InChI=1S/C20H23N3S/c1-23-14-6-9-17(15-7-2-4-10-19(15)23)21-13-12-18-16-8-3-5-11-20(16)24-22-18/h2-5,7-8,10-11,17,21H,6,9,12-14H2,1H3/t17-/m1/s1. The van der Waals surface area contributed by atoms with Crippen LogP contribution >= 0.6 is 11.5 Å². The van der Waals surface area contributed by atoms with Gasteiger partial charge in [-0.1, -0.05) is 36.4 Å². The second kappa shape index (κ2) is 6.91. The Morgan fingerprint density at radius 3 is 2.96 bits per heavy atom. The van der Waals surface area contributed by atoms with E-state index in [4.69, 9.17) is 0 Å². The van der Waals surface area contributed by atoms with E-state index < -0.39 is 0 Å². The third-order valence-electron chi connectivity index (χ3n) is 4.91. The molecule has 0 amide bonds. The highest BCUT2D eigenvalue weighted by Gasteiger charge is 2.20. The Morgan fingerprint density at radius 1 is 1.17 bits per heavy atom. The highest BCUT2D eigenvalue weighted by molar-refractivity contribution is 7.13. The summed E-state index contributed by atoms with van der Waals surface area (Å²) in [6.07, 6.45) is 3.40. The number of fused-ring (bicyclic) bond motifs is 2. The fourth-order valence-corrected chi connectivity index (χ4v) is 4.46. The lowest BCUT2D eigenvalue weighted by atomic mass is 10.0. The van der Waals surface area contributed by atoms with Gasteiger partial charge in [-0.25, -0.2) is 0 Å². The van der Waals surface area contributed by atoms with E-state index in [0.29, 0.717) is 6.04 Å². The van der Waals surface area contributed by atoms with E-state index in [0.717, 1.165) is 19.5 Å². The number of benzene rings is 2. The van der Waals surface area contributed by atoms with Crippen molar-refractivity contribution in [3.05, 3.63) is 59.8 Å². The molecule has 2 aromatic carbocycles. The van der Waals surface area contributed by atoms with Crippen LogP contribution in [0.25, 0.3) is 10.1 Å². The summed E-state index contributed by atoms with van der Waals surface area (Å²) in [7, 11) is 2.20. The van der Waals surface area contributed by atoms with Crippen LogP contribution in [0.3, 0.4) is 0 Å². The molecule has 2 heterocycles. The van der Waals surface area contributed by atoms with Crippen molar-refractivity contribution in [2.75, 3.05) is 25.0 Å². The third-order valence-corrected chi connectivity index (χ3v) is 5.78. The zero-order chi connectivity index (χ0) is 16.4. The molecular weight excluding hydrogens is 314 g/mol. The van der Waals surface area contributed by atoms with Crippen molar-refractivity contribution in [3.8, 4) is 0 Å². The average molecular weight is 337 g/mol. The predicted molar refractivity (Wildman–Crippen MR) is 103 cm³/mol. The van der Waals surface area contributed by atoms with E-state index in [1.807, 2.05) is 0 Å². The van der Waals surface area contributed by atoms with Crippen LogP contribution in [0.4, 0.5) is 5.69 Å². The van der Waals surface area contributed by atoms with Crippen LogP contribution in [0, 0.1) is 0 Å². The van der Waals surface area contributed by atoms with E-state index in [1.165, 1.54) is 39.9 Å². The van der Waals surface area contributed by atoms with Crippen molar-refractivity contribution in [1.82, 2.24) is 9.69 Å². The van der Waals surface area contributed by atoms with E-state index in [-0.39, 0.29) is 0 Å². The molecule has 0 saturated carbocycles. The van der Waals surface area contributed by atoms with Gasteiger partial charge in [-0.3, -0.25) is 0 Å². The molecule has 0 bridgehead atoms. The minimum atomic E-state index is 0.441. The van der Waals surface area contributed by atoms with Crippen molar-refractivity contribution in [2.45, 2.75) is 25.3 Å². The second-order valence-corrected chi connectivity index (χ2v) is 7.31. The maximum absolute atomic E-state index is 4.65. The second-order valence-electron chi connectivity index (χ2n) is 6.50. The first-order valence-corrected chi connectivity index (χ1v) is 9.47. The molecule has 0 unspecified atom stereocenters. The molecule has 1 aliphatic heterocycles. The minimum Gasteiger partial charge on any atom is -0.374 e. The first kappa shape index (κ1) is 15.6. The van der Waals surface area contributed by atoms with Gasteiger partial charge >= 0.3 is 0 Å². The lowest BCUT2D eigenvalue weighted by molar-refractivity contribution is 0.499. The lowest BCUT2D eigenvalue weighted by Crippen LogP contribution is -2.24. The third kappa shape index (κ3) is 3.04. The average Bonchev–Trinajstić information content (AvgIpc) is 2.96. The fourth-order valence-electron chi connectivity index (χ4n) is 3.63. The quantitative estimate of drug-likeness (QED) is 0.765. The van der Waals surface area contributed by atoms with E-state index in [9.17, 15) is 0 Å². The molecule has 1 N–H and O–H groups in total. The first-order valence-electron chi connectivity index (χ1n) is 8.69. The van der Waals surface area contributed by atoms with Gasteiger partial charge in [0.25, 0.3) is 0 Å². The van der Waals surface area contributed by atoms with Gasteiger partial charge < -0.3 is 10.2 Å². The van der Waals surface area contributed by atoms with Crippen molar-refractivity contribution in [2.24, 2.45) is 0 Å². The van der Waals surface area contributed by atoms with E-state index in [2.05, 4.69) is 70.2 Å². The summed E-state index contributed by atoms with van der Waals surface area (Å²) in [5.74, 6) is 0. The van der Waals surface area contributed by atoms with Gasteiger partial charge in [-0.15, -0.1) is 0 Å². The van der Waals surface area contributed by atoms with Gasteiger partial charge in [0, 0.05) is 43.7 Å². The molecule has 0 aliphatic carbocycles. The highest BCUT2D eigenvalue weighted by Crippen LogP contribution is 2.32. The van der Waals surface area contributed by atoms with Crippen LogP contribution in [0.15, 0.2) is 48.5 Å². The molecule has 4 rings (SSSR count). The largest absolute Gasteiger partial charge is 0.374 e. The summed E-state index contributed by atoms with van der Waals surface area (Å²) >= 11 is 1.61. The van der Waals surface area contributed by atoms with E-state index in [1.54, 1.807) is 11.5 Å². The van der Waals surface area contributed by atoms with Crippen LogP contribution in [-0.2, 0) is 6.42 Å². The first-order chi connectivity index (χ1) is 11.8. The molecule has 0 fully saturated rings. The van der Waals surface area contributed by atoms with Crippen LogP contribution in [0.2, 0.25) is 0 Å². The maximum Gasteiger partial charge on any atom is 0.0633 e. The van der Waals surface area contributed by atoms with Gasteiger partial charge in [0.2, 0.25) is 0 Å². The fraction of sp³-hybridized carbons (Fsp3) is 0.350. The molecule has 3 nitrogen and oxygen atoms in total. The monoisotopic (exact) mass is 337 g/mol. The molecular formula is C20H23N3S. The number of nitrogens with one attached hydrogen (secondary N) is 1. The number of rotatable bonds is 4. The molecule has 124 valence electrons. The smallest absolute Gasteiger partial charge is 0.0633 e.